The van der Waals surface area contributed by atoms with Crippen LogP contribution in [0.5, 0.6) is 0 Å². The van der Waals surface area contributed by atoms with Crippen LogP contribution in [0.4, 0.5) is 5.69 Å². The van der Waals surface area contributed by atoms with Crippen LogP contribution < -0.4 is 5.32 Å². The molecule has 0 aliphatic carbocycles. The fourth-order valence-corrected chi connectivity index (χ4v) is 3.66. The molecule has 0 unspecified atom stereocenters. The molecule has 1 amide bonds. The molecule has 0 spiro atoms. The van der Waals surface area contributed by atoms with Gasteiger partial charge in [-0.1, -0.05) is 44.8 Å². The second-order valence-corrected chi connectivity index (χ2v) is 5.73. The summed E-state index contributed by atoms with van der Waals surface area (Å²) in [6, 6.07) is 4.30. The number of hydrogen-bond acceptors (Lipinski definition) is 3. The molecular formula is C13H16Br2N2O3. The number of nitrogens with zero attached hydrogens (tertiary/aromatic N) is 1. The predicted octanol–water partition coefficient (Wildman–Crippen LogP) is 3.57. The van der Waals surface area contributed by atoms with Crippen molar-refractivity contribution in [2.75, 3.05) is 10.7 Å². The third kappa shape index (κ3) is 3.79. The molecule has 1 N–H and O–H groups in total. The lowest BCUT2D eigenvalue weighted by molar-refractivity contribution is -0.384. The minimum Gasteiger partial charge on any atom is -0.345 e. The zero-order valence-corrected chi connectivity index (χ0v) is 14.5. The lowest BCUT2D eigenvalue weighted by atomic mass is 10.00. The molecule has 110 valence electrons. The van der Waals surface area contributed by atoms with Crippen molar-refractivity contribution in [1.82, 2.24) is 5.32 Å². The number of rotatable bonds is 6. The molecule has 0 aliphatic rings. The van der Waals surface area contributed by atoms with E-state index >= 15 is 0 Å². The van der Waals surface area contributed by atoms with Crippen LogP contribution in [0.2, 0.25) is 0 Å². The van der Waals surface area contributed by atoms with E-state index in [1.807, 2.05) is 6.92 Å². The molecule has 0 saturated carbocycles. The van der Waals surface area contributed by atoms with Gasteiger partial charge in [-0.25, -0.2) is 0 Å². The van der Waals surface area contributed by atoms with Gasteiger partial charge >= 0.3 is 0 Å². The van der Waals surface area contributed by atoms with Crippen molar-refractivity contribution in [3.8, 4) is 0 Å². The maximum absolute atomic E-state index is 12.4. The van der Waals surface area contributed by atoms with E-state index in [2.05, 4.69) is 37.2 Å². The number of aryl methyl sites for hydroxylation is 1. The minimum atomic E-state index is -0.502. The summed E-state index contributed by atoms with van der Waals surface area (Å²) in [5, 5.41) is 14.9. The van der Waals surface area contributed by atoms with E-state index < -0.39 is 10.5 Å². The average molecular weight is 408 g/mol. The molecule has 0 atom stereocenters. The largest absolute Gasteiger partial charge is 0.345 e. The zero-order valence-electron chi connectivity index (χ0n) is 11.3. The van der Waals surface area contributed by atoms with Crippen LogP contribution in [0.15, 0.2) is 18.2 Å². The molecule has 0 bridgehead atoms. The van der Waals surface area contributed by atoms with E-state index in [0.717, 1.165) is 6.42 Å². The number of hydrogen-bond donors (Lipinski definition) is 1. The van der Waals surface area contributed by atoms with Crippen LogP contribution in [0.3, 0.4) is 0 Å². The minimum absolute atomic E-state index is 0.0828. The first-order valence-electron chi connectivity index (χ1n) is 6.08. The number of carbonyl (C=O) groups excluding carboxylic acids is 1. The first-order chi connectivity index (χ1) is 9.39. The Bertz CT molecular complexity index is 508. The molecule has 0 saturated heterocycles. The summed E-state index contributed by atoms with van der Waals surface area (Å²) >= 11 is 6.80. The Balaban J connectivity index is 3.08. The molecule has 20 heavy (non-hydrogen) atoms. The van der Waals surface area contributed by atoms with Gasteiger partial charge in [0.25, 0.3) is 11.6 Å². The van der Waals surface area contributed by atoms with Crippen LogP contribution in [0, 0.1) is 17.0 Å². The maximum Gasteiger partial charge on any atom is 0.270 e. The number of nitrogens with one attached hydrogen (secondary N) is 1. The monoisotopic (exact) mass is 406 g/mol. The molecule has 5 nitrogen and oxygen atoms in total. The Morgan fingerprint density at radius 2 is 2.00 bits per heavy atom. The van der Waals surface area contributed by atoms with E-state index in [1.165, 1.54) is 12.1 Å². The van der Waals surface area contributed by atoms with Crippen molar-refractivity contribution in [1.29, 1.82) is 0 Å². The third-order valence-corrected chi connectivity index (χ3v) is 5.39. The van der Waals surface area contributed by atoms with Crippen molar-refractivity contribution in [2.24, 2.45) is 0 Å². The number of nitro groups is 1. The van der Waals surface area contributed by atoms with Gasteiger partial charge in [-0.15, -0.1) is 0 Å². The molecule has 1 rings (SSSR count). The predicted molar refractivity (Wildman–Crippen MR) is 85.9 cm³/mol. The van der Waals surface area contributed by atoms with Gasteiger partial charge < -0.3 is 5.32 Å². The molecule has 0 heterocycles. The normalized spacial score (nSPS) is 11.2. The molecule has 0 radical (unpaired) electrons. The first kappa shape index (κ1) is 17.1. The van der Waals surface area contributed by atoms with Crippen LogP contribution in [0.1, 0.15) is 29.3 Å². The smallest absolute Gasteiger partial charge is 0.270 e. The lowest BCUT2D eigenvalue weighted by Crippen LogP contribution is -2.51. The van der Waals surface area contributed by atoms with Crippen molar-refractivity contribution < 1.29 is 9.72 Å². The van der Waals surface area contributed by atoms with Gasteiger partial charge in [-0.05, 0) is 18.9 Å². The third-order valence-electron chi connectivity index (χ3n) is 3.24. The summed E-state index contributed by atoms with van der Waals surface area (Å²) in [6.07, 6.45) is 0.739. The van der Waals surface area contributed by atoms with Gasteiger partial charge in [0.15, 0.2) is 0 Å². The molecule has 0 fully saturated rings. The topological polar surface area (TPSA) is 72.2 Å². The van der Waals surface area contributed by atoms with Gasteiger partial charge in [0, 0.05) is 28.4 Å². The Labute approximate surface area is 134 Å². The molecule has 1 aromatic rings. The molecular weight excluding hydrogens is 392 g/mol. The number of benzene rings is 1. The average Bonchev–Trinajstić information content (AvgIpc) is 2.45. The summed E-state index contributed by atoms with van der Waals surface area (Å²) in [7, 11) is 0. The summed E-state index contributed by atoms with van der Waals surface area (Å²) < 4.78 is 0. The highest BCUT2D eigenvalue weighted by Crippen LogP contribution is 2.21. The Hall–Kier alpha value is -0.950. The van der Waals surface area contributed by atoms with Crippen molar-refractivity contribution in [3.63, 3.8) is 0 Å². The second-order valence-electron chi connectivity index (χ2n) is 4.61. The van der Waals surface area contributed by atoms with Gasteiger partial charge in [-0.2, -0.15) is 0 Å². The Morgan fingerprint density at radius 3 is 2.45 bits per heavy atom. The van der Waals surface area contributed by atoms with Crippen LogP contribution in [-0.2, 0) is 0 Å². The number of amides is 1. The number of non-ortho nitro benzene ring substituents is 1. The summed E-state index contributed by atoms with van der Waals surface area (Å²) in [4.78, 5) is 22.7. The number of nitro benzene ring substituents is 1. The number of carbonyl (C=O) groups is 1. The van der Waals surface area contributed by atoms with Gasteiger partial charge in [0.05, 0.1) is 10.5 Å². The molecule has 1 aromatic carbocycles. The quantitative estimate of drug-likeness (QED) is 0.445. The van der Waals surface area contributed by atoms with E-state index in [-0.39, 0.29) is 11.6 Å². The number of halogens is 2. The summed E-state index contributed by atoms with van der Waals surface area (Å²) in [5.74, 6) is -0.299. The van der Waals surface area contributed by atoms with E-state index in [4.69, 9.17) is 0 Å². The van der Waals surface area contributed by atoms with E-state index in [1.54, 1.807) is 13.0 Å². The standard InChI is InChI=1S/C13H16Br2N2O3/c1-3-13(7-14,8-15)16-12(18)11-6-10(17(19)20)5-4-9(11)2/h4-6H,3,7-8H2,1-2H3,(H,16,18). The van der Waals surface area contributed by atoms with Gasteiger partial charge in [0.2, 0.25) is 0 Å². The fraction of sp³-hybridized carbons (Fsp3) is 0.462. The van der Waals surface area contributed by atoms with E-state index in [0.29, 0.717) is 21.8 Å². The maximum atomic E-state index is 12.4. The molecule has 0 aromatic heterocycles. The van der Waals surface area contributed by atoms with Crippen molar-refractivity contribution in [3.05, 3.63) is 39.4 Å². The van der Waals surface area contributed by atoms with Crippen molar-refractivity contribution >= 4 is 43.5 Å². The Morgan fingerprint density at radius 1 is 1.40 bits per heavy atom. The second kappa shape index (κ2) is 7.17. The van der Waals surface area contributed by atoms with Gasteiger partial charge in [-0.3, -0.25) is 14.9 Å². The summed E-state index contributed by atoms with van der Waals surface area (Å²) in [5.41, 5.74) is 0.551. The Kier molecular flexibility index (Phi) is 6.13. The van der Waals surface area contributed by atoms with Crippen LogP contribution in [0.25, 0.3) is 0 Å². The van der Waals surface area contributed by atoms with Gasteiger partial charge in [0.1, 0.15) is 0 Å². The van der Waals surface area contributed by atoms with Crippen LogP contribution in [-0.4, -0.2) is 27.0 Å². The lowest BCUT2D eigenvalue weighted by Gasteiger charge is -2.30. The molecule has 0 aliphatic heterocycles. The SMILES string of the molecule is CCC(CBr)(CBr)NC(=O)c1cc([N+](=O)[O-])ccc1C. The first-order valence-corrected chi connectivity index (χ1v) is 8.33. The highest BCUT2D eigenvalue weighted by Gasteiger charge is 2.29. The summed E-state index contributed by atoms with van der Waals surface area (Å²) in [6.45, 7) is 3.73. The fourth-order valence-electron chi connectivity index (χ4n) is 1.66. The van der Waals surface area contributed by atoms with Crippen LogP contribution >= 0.6 is 31.9 Å². The zero-order chi connectivity index (χ0) is 15.3. The number of alkyl halides is 2. The van der Waals surface area contributed by atoms with E-state index in [9.17, 15) is 14.9 Å². The van der Waals surface area contributed by atoms with Crippen molar-refractivity contribution in [2.45, 2.75) is 25.8 Å². The molecule has 7 heteroatoms. The highest BCUT2D eigenvalue weighted by atomic mass is 79.9. The highest BCUT2D eigenvalue weighted by molar-refractivity contribution is 9.09.